The number of urea groups is 1. The molecule has 0 fully saturated rings. The van der Waals surface area contributed by atoms with Crippen LogP contribution < -0.4 is 14.8 Å². The number of amides is 2. The number of carbonyl (C=O) groups excluding carboxylic acids is 1. The van der Waals surface area contributed by atoms with Crippen LogP contribution in [0.5, 0.6) is 11.5 Å². The summed E-state index contributed by atoms with van der Waals surface area (Å²) < 4.78 is 10.6. The van der Waals surface area contributed by atoms with Crippen LogP contribution in [0.15, 0.2) is 12.1 Å². The first-order valence-corrected chi connectivity index (χ1v) is 8.43. The average molecular weight is 350 g/mol. The van der Waals surface area contributed by atoms with E-state index in [9.17, 15) is 14.7 Å². The molecule has 0 aromatic heterocycles. The highest BCUT2D eigenvalue weighted by Crippen LogP contribution is 2.33. The number of carbonyl (C=O) groups is 2. The van der Waals surface area contributed by atoms with Crippen LogP contribution in [0, 0.1) is 5.92 Å². The van der Waals surface area contributed by atoms with Gasteiger partial charge in [0.15, 0.2) is 11.5 Å². The molecule has 0 saturated heterocycles. The van der Waals surface area contributed by atoms with E-state index >= 15 is 0 Å². The summed E-state index contributed by atoms with van der Waals surface area (Å²) in [5.41, 5.74) is 2.09. The molecule has 0 saturated carbocycles. The van der Waals surface area contributed by atoms with E-state index in [-0.39, 0.29) is 11.9 Å². The molecule has 1 aromatic carbocycles. The van der Waals surface area contributed by atoms with Crippen molar-refractivity contribution in [1.29, 1.82) is 0 Å². The van der Waals surface area contributed by atoms with Crippen LogP contribution in [0.25, 0.3) is 0 Å². The lowest BCUT2D eigenvalue weighted by molar-refractivity contribution is -0.140. The molecule has 1 heterocycles. The van der Waals surface area contributed by atoms with E-state index in [1.807, 2.05) is 26.0 Å². The number of ether oxygens (including phenoxy) is 2. The van der Waals surface area contributed by atoms with Crippen LogP contribution in [0.3, 0.4) is 0 Å². The second kappa shape index (κ2) is 8.09. The van der Waals surface area contributed by atoms with E-state index in [2.05, 4.69) is 5.32 Å². The number of rotatable bonds is 6. The van der Waals surface area contributed by atoms with Crippen LogP contribution >= 0.6 is 0 Å². The summed E-state index contributed by atoms with van der Waals surface area (Å²) in [7, 11) is 3.16. The predicted molar refractivity (Wildman–Crippen MR) is 93.1 cm³/mol. The number of hydrogen-bond donors (Lipinski definition) is 2. The largest absolute Gasteiger partial charge is 0.493 e. The Bertz CT molecular complexity index is 647. The molecule has 0 spiro atoms. The minimum absolute atomic E-state index is 0.136. The van der Waals surface area contributed by atoms with E-state index in [1.54, 1.807) is 19.1 Å². The van der Waals surface area contributed by atoms with Crippen LogP contribution in [-0.4, -0.2) is 48.8 Å². The van der Waals surface area contributed by atoms with Crippen molar-refractivity contribution in [1.82, 2.24) is 10.2 Å². The Morgan fingerprint density at radius 1 is 1.24 bits per heavy atom. The fourth-order valence-corrected chi connectivity index (χ4v) is 2.96. The Morgan fingerprint density at radius 2 is 1.84 bits per heavy atom. The third kappa shape index (κ3) is 4.15. The minimum atomic E-state index is -1.01. The number of carboxylic acids is 1. The van der Waals surface area contributed by atoms with Crippen molar-refractivity contribution >= 4 is 12.0 Å². The van der Waals surface area contributed by atoms with Gasteiger partial charge in [0.05, 0.1) is 14.2 Å². The molecule has 0 bridgehead atoms. The van der Waals surface area contributed by atoms with Gasteiger partial charge >= 0.3 is 12.0 Å². The number of fused-ring (bicyclic) bond motifs is 1. The lowest BCUT2D eigenvalue weighted by Gasteiger charge is -2.31. The van der Waals surface area contributed by atoms with Crippen molar-refractivity contribution in [3.63, 3.8) is 0 Å². The van der Waals surface area contributed by atoms with Crippen LogP contribution in [0.1, 0.15) is 31.4 Å². The molecule has 1 aliphatic rings. The normalized spacial score (nSPS) is 15.8. The Kier molecular flexibility index (Phi) is 6.12. The van der Waals surface area contributed by atoms with Gasteiger partial charge in [0, 0.05) is 13.1 Å². The molecule has 138 valence electrons. The molecule has 0 unspecified atom stereocenters. The van der Waals surface area contributed by atoms with Crippen molar-refractivity contribution < 1.29 is 24.2 Å². The summed E-state index contributed by atoms with van der Waals surface area (Å²) in [6.45, 7) is 4.67. The fourth-order valence-electron chi connectivity index (χ4n) is 2.96. The molecular formula is C18H26N2O5. The number of methoxy groups -OCH3 is 2. The van der Waals surface area contributed by atoms with Gasteiger partial charge in [-0.25, -0.2) is 9.59 Å². The lowest BCUT2D eigenvalue weighted by Crippen LogP contribution is -2.51. The quantitative estimate of drug-likeness (QED) is 0.822. The zero-order valence-electron chi connectivity index (χ0n) is 15.2. The molecule has 2 atom stereocenters. The summed E-state index contributed by atoms with van der Waals surface area (Å²) in [5, 5.41) is 12.0. The summed E-state index contributed by atoms with van der Waals surface area (Å²) in [4.78, 5) is 25.6. The Hall–Kier alpha value is -2.44. The number of nitrogens with zero attached hydrogens (tertiary/aromatic N) is 1. The Labute approximate surface area is 147 Å². The van der Waals surface area contributed by atoms with Gasteiger partial charge in [-0.2, -0.15) is 0 Å². The lowest BCUT2D eigenvalue weighted by atomic mass is 9.98. The molecule has 1 aromatic rings. The summed E-state index contributed by atoms with van der Waals surface area (Å²) in [6, 6.07) is 2.57. The third-order valence-electron chi connectivity index (χ3n) is 4.76. The molecule has 2 N–H and O–H groups in total. The van der Waals surface area contributed by atoms with E-state index in [0.717, 1.165) is 11.1 Å². The van der Waals surface area contributed by atoms with Gasteiger partial charge in [-0.15, -0.1) is 0 Å². The van der Waals surface area contributed by atoms with Crippen LogP contribution in [0.2, 0.25) is 0 Å². The zero-order valence-corrected chi connectivity index (χ0v) is 15.2. The van der Waals surface area contributed by atoms with E-state index in [1.165, 1.54) is 0 Å². The molecule has 0 radical (unpaired) electrons. The molecule has 25 heavy (non-hydrogen) atoms. The van der Waals surface area contributed by atoms with Crippen LogP contribution in [0.4, 0.5) is 4.79 Å². The molecule has 2 rings (SSSR count). The first kappa shape index (κ1) is 18.9. The van der Waals surface area contributed by atoms with Crippen molar-refractivity contribution in [3.05, 3.63) is 23.3 Å². The number of benzene rings is 1. The van der Waals surface area contributed by atoms with Gasteiger partial charge in [0.2, 0.25) is 0 Å². The van der Waals surface area contributed by atoms with Crippen LogP contribution in [-0.2, 0) is 17.8 Å². The van der Waals surface area contributed by atoms with Gasteiger partial charge in [-0.05, 0) is 35.6 Å². The number of carboxylic acid groups (broad SMARTS) is 1. The maximum atomic E-state index is 12.5. The standard InChI is InChI=1S/C18H26N2O5/c1-5-11(2)16(17(21)22)19-18(23)20-7-6-12-8-14(24-3)15(25-4)9-13(12)10-20/h8-9,11,16H,5-7,10H2,1-4H3,(H,19,23)(H,21,22)/t11-,16+/m1/s1. The van der Waals surface area contributed by atoms with Crippen molar-refractivity contribution in [2.24, 2.45) is 5.92 Å². The van der Waals surface area contributed by atoms with E-state index < -0.39 is 12.0 Å². The second-order valence-corrected chi connectivity index (χ2v) is 6.30. The SMILES string of the molecule is CC[C@@H](C)[C@H](NC(=O)N1CCc2cc(OC)c(OC)cc2C1)C(=O)O. The Balaban J connectivity index is 2.13. The summed E-state index contributed by atoms with van der Waals surface area (Å²) >= 11 is 0. The van der Waals surface area contributed by atoms with Crippen molar-refractivity contribution in [2.75, 3.05) is 20.8 Å². The van der Waals surface area contributed by atoms with Gasteiger partial charge in [0.1, 0.15) is 6.04 Å². The molecule has 1 aliphatic heterocycles. The topological polar surface area (TPSA) is 88.1 Å². The van der Waals surface area contributed by atoms with Gasteiger partial charge in [-0.3, -0.25) is 0 Å². The van der Waals surface area contributed by atoms with E-state index in [4.69, 9.17) is 9.47 Å². The Morgan fingerprint density at radius 3 is 2.36 bits per heavy atom. The molecule has 2 amide bonds. The molecule has 0 aliphatic carbocycles. The zero-order chi connectivity index (χ0) is 18.6. The predicted octanol–water partition coefficient (Wildman–Crippen LogP) is 2.27. The van der Waals surface area contributed by atoms with Crippen molar-refractivity contribution in [3.8, 4) is 11.5 Å². The third-order valence-corrected chi connectivity index (χ3v) is 4.76. The first-order chi connectivity index (χ1) is 11.9. The highest BCUT2D eigenvalue weighted by molar-refractivity contribution is 5.83. The number of hydrogen-bond acceptors (Lipinski definition) is 4. The van der Waals surface area contributed by atoms with Gasteiger partial charge < -0.3 is 24.8 Å². The maximum Gasteiger partial charge on any atom is 0.326 e. The number of nitrogens with one attached hydrogen (secondary N) is 1. The fraction of sp³-hybridized carbons (Fsp3) is 0.556. The molecular weight excluding hydrogens is 324 g/mol. The highest BCUT2D eigenvalue weighted by Gasteiger charge is 2.29. The molecule has 7 heteroatoms. The van der Waals surface area contributed by atoms with E-state index in [0.29, 0.717) is 37.4 Å². The average Bonchev–Trinajstić information content (AvgIpc) is 2.63. The summed E-state index contributed by atoms with van der Waals surface area (Å²) in [5.74, 6) is 0.141. The monoisotopic (exact) mass is 350 g/mol. The van der Waals surface area contributed by atoms with Gasteiger partial charge in [-0.1, -0.05) is 20.3 Å². The molecule has 7 nitrogen and oxygen atoms in total. The van der Waals surface area contributed by atoms with Gasteiger partial charge in [0.25, 0.3) is 0 Å². The van der Waals surface area contributed by atoms with Crippen molar-refractivity contribution in [2.45, 2.75) is 39.3 Å². The smallest absolute Gasteiger partial charge is 0.326 e. The maximum absolute atomic E-state index is 12.5. The second-order valence-electron chi connectivity index (χ2n) is 6.30. The first-order valence-electron chi connectivity index (χ1n) is 8.43. The minimum Gasteiger partial charge on any atom is -0.493 e. The number of aliphatic carboxylic acids is 1. The summed E-state index contributed by atoms with van der Waals surface area (Å²) in [6.07, 6.45) is 1.36. The highest BCUT2D eigenvalue weighted by atomic mass is 16.5.